The molecular formula is C12H13IN4O. The standard InChI is InChI=1S/C12H13IN4O/c1-7(14)8-4-2-3-5-9(8)17-11-10(13)12(18)16-6-15-11/h2-7H,14H2,1H3,(H2,15,16,17,18). The highest BCUT2D eigenvalue weighted by atomic mass is 127. The van der Waals surface area contributed by atoms with E-state index in [0.717, 1.165) is 11.3 Å². The maximum Gasteiger partial charge on any atom is 0.266 e. The van der Waals surface area contributed by atoms with Crippen molar-refractivity contribution in [1.29, 1.82) is 0 Å². The molecule has 6 heteroatoms. The molecule has 2 aromatic rings. The average molecular weight is 356 g/mol. The zero-order valence-electron chi connectivity index (χ0n) is 9.77. The molecule has 0 spiro atoms. The molecule has 0 bridgehead atoms. The Morgan fingerprint density at radius 2 is 2.17 bits per heavy atom. The van der Waals surface area contributed by atoms with Gasteiger partial charge < -0.3 is 16.0 Å². The zero-order chi connectivity index (χ0) is 13.1. The lowest BCUT2D eigenvalue weighted by atomic mass is 10.1. The van der Waals surface area contributed by atoms with Gasteiger partial charge in [-0.25, -0.2) is 4.98 Å². The number of aromatic nitrogens is 2. The van der Waals surface area contributed by atoms with Crippen LogP contribution in [0.5, 0.6) is 0 Å². The van der Waals surface area contributed by atoms with E-state index in [-0.39, 0.29) is 11.6 Å². The Morgan fingerprint density at radius 1 is 1.44 bits per heavy atom. The number of hydrogen-bond acceptors (Lipinski definition) is 4. The van der Waals surface area contributed by atoms with Gasteiger partial charge >= 0.3 is 0 Å². The molecule has 0 fully saturated rings. The highest BCUT2D eigenvalue weighted by Crippen LogP contribution is 2.24. The van der Waals surface area contributed by atoms with Gasteiger partial charge in [-0.1, -0.05) is 18.2 Å². The zero-order valence-corrected chi connectivity index (χ0v) is 11.9. The first-order valence-electron chi connectivity index (χ1n) is 5.44. The van der Waals surface area contributed by atoms with Crippen LogP contribution in [-0.2, 0) is 0 Å². The summed E-state index contributed by atoms with van der Waals surface area (Å²) in [4.78, 5) is 18.1. The number of H-pyrrole nitrogens is 1. The van der Waals surface area contributed by atoms with Crippen molar-refractivity contribution in [2.24, 2.45) is 5.73 Å². The molecule has 1 aromatic carbocycles. The smallest absolute Gasteiger partial charge is 0.266 e. The van der Waals surface area contributed by atoms with Crippen molar-refractivity contribution in [2.45, 2.75) is 13.0 Å². The molecule has 4 N–H and O–H groups in total. The summed E-state index contributed by atoms with van der Waals surface area (Å²) in [7, 11) is 0. The fourth-order valence-corrected chi connectivity index (χ4v) is 2.04. The van der Waals surface area contributed by atoms with Crippen LogP contribution in [0.15, 0.2) is 35.4 Å². The van der Waals surface area contributed by atoms with Gasteiger partial charge in [0.25, 0.3) is 5.56 Å². The summed E-state index contributed by atoms with van der Waals surface area (Å²) >= 11 is 1.96. The molecule has 0 aliphatic rings. The van der Waals surface area contributed by atoms with Gasteiger partial charge in [0.2, 0.25) is 0 Å². The number of aromatic amines is 1. The van der Waals surface area contributed by atoms with Gasteiger partial charge in [-0.3, -0.25) is 4.79 Å². The number of nitrogens with two attached hydrogens (primary N) is 1. The normalized spacial score (nSPS) is 12.2. The van der Waals surface area contributed by atoms with Crippen molar-refractivity contribution >= 4 is 34.1 Å². The third-order valence-electron chi connectivity index (χ3n) is 2.50. The lowest BCUT2D eigenvalue weighted by Crippen LogP contribution is -2.14. The molecule has 0 saturated carbocycles. The molecule has 0 aliphatic heterocycles. The maximum absolute atomic E-state index is 11.5. The van der Waals surface area contributed by atoms with Crippen LogP contribution in [0, 0.1) is 3.57 Å². The summed E-state index contributed by atoms with van der Waals surface area (Å²) in [5.41, 5.74) is 7.59. The summed E-state index contributed by atoms with van der Waals surface area (Å²) in [5, 5.41) is 3.14. The third kappa shape index (κ3) is 2.70. The lowest BCUT2D eigenvalue weighted by Gasteiger charge is -2.14. The van der Waals surface area contributed by atoms with E-state index < -0.39 is 0 Å². The maximum atomic E-state index is 11.5. The van der Waals surface area contributed by atoms with Gasteiger partial charge in [-0.15, -0.1) is 0 Å². The van der Waals surface area contributed by atoms with Gasteiger partial charge in [0, 0.05) is 11.7 Å². The second kappa shape index (κ2) is 5.49. The van der Waals surface area contributed by atoms with E-state index in [9.17, 15) is 4.79 Å². The average Bonchev–Trinajstić information content (AvgIpc) is 2.35. The lowest BCUT2D eigenvalue weighted by molar-refractivity contribution is 0.820. The van der Waals surface area contributed by atoms with Crippen LogP contribution >= 0.6 is 22.6 Å². The van der Waals surface area contributed by atoms with Crippen molar-refractivity contribution in [2.75, 3.05) is 5.32 Å². The highest BCUT2D eigenvalue weighted by molar-refractivity contribution is 14.1. The molecular weight excluding hydrogens is 343 g/mol. The monoisotopic (exact) mass is 356 g/mol. The van der Waals surface area contributed by atoms with Crippen molar-refractivity contribution in [3.8, 4) is 0 Å². The van der Waals surface area contributed by atoms with Gasteiger partial charge in [0.05, 0.1) is 6.33 Å². The Hall–Kier alpha value is -1.41. The summed E-state index contributed by atoms with van der Waals surface area (Å²) in [6.07, 6.45) is 1.38. The van der Waals surface area contributed by atoms with Crippen molar-refractivity contribution in [3.63, 3.8) is 0 Å². The van der Waals surface area contributed by atoms with E-state index >= 15 is 0 Å². The molecule has 0 amide bonds. The summed E-state index contributed by atoms with van der Waals surface area (Å²) in [6, 6.07) is 7.62. The van der Waals surface area contributed by atoms with Gasteiger partial charge in [0.15, 0.2) is 5.82 Å². The molecule has 0 aliphatic carbocycles. The SMILES string of the molecule is CC(N)c1ccccc1Nc1nc[nH]c(=O)c1I. The first-order chi connectivity index (χ1) is 8.59. The summed E-state index contributed by atoms with van der Waals surface area (Å²) < 4.78 is 0.523. The second-order valence-corrected chi connectivity index (χ2v) is 4.97. The van der Waals surface area contributed by atoms with Gasteiger partial charge in [0.1, 0.15) is 3.57 Å². The van der Waals surface area contributed by atoms with Crippen LogP contribution in [0.1, 0.15) is 18.5 Å². The van der Waals surface area contributed by atoms with E-state index in [4.69, 9.17) is 5.73 Å². The largest absolute Gasteiger partial charge is 0.339 e. The van der Waals surface area contributed by atoms with E-state index in [0.29, 0.717) is 9.39 Å². The molecule has 0 saturated heterocycles. The van der Waals surface area contributed by atoms with Crippen molar-refractivity contribution in [1.82, 2.24) is 9.97 Å². The van der Waals surface area contributed by atoms with Crippen LogP contribution in [0.2, 0.25) is 0 Å². The molecule has 2 rings (SSSR count). The Kier molecular flexibility index (Phi) is 3.97. The Labute approximate surface area is 118 Å². The number of para-hydroxylation sites is 1. The summed E-state index contributed by atoms with van der Waals surface area (Å²) in [6.45, 7) is 1.91. The number of hydrogen-bond donors (Lipinski definition) is 3. The number of benzene rings is 1. The molecule has 0 radical (unpaired) electrons. The second-order valence-electron chi connectivity index (χ2n) is 3.90. The van der Waals surface area contributed by atoms with E-state index in [2.05, 4.69) is 15.3 Å². The quantitative estimate of drug-likeness (QED) is 0.736. The third-order valence-corrected chi connectivity index (χ3v) is 3.50. The van der Waals surface area contributed by atoms with Crippen LogP contribution in [0.4, 0.5) is 11.5 Å². The van der Waals surface area contributed by atoms with Crippen LogP contribution in [0.3, 0.4) is 0 Å². The highest BCUT2D eigenvalue weighted by Gasteiger charge is 2.09. The molecule has 1 atom stereocenters. The predicted molar refractivity (Wildman–Crippen MR) is 79.9 cm³/mol. The van der Waals surface area contributed by atoms with Gasteiger partial charge in [-0.05, 0) is 41.1 Å². The minimum atomic E-state index is -0.161. The molecule has 1 heterocycles. The number of anilines is 2. The van der Waals surface area contributed by atoms with Crippen molar-refractivity contribution < 1.29 is 0 Å². The first kappa shape index (κ1) is 13.0. The van der Waals surface area contributed by atoms with E-state index in [1.165, 1.54) is 6.33 Å². The Bertz CT molecular complexity index is 609. The van der Waals surface area contributed by atoms with Gasteiger partial charge in [-0.2, -0.15) is 0 Å². The minimum Gasteiger partial charge on any atom is -0.339 e. The molecule has 5 nitrogen and oxygen atoms in total. The number of nitrogens with zero attached hydrogens (tertiary/aromatic N) is 1. The topological polar surface area (TPSA) is 83.8 Å². The number of halogens is 1. The fraction of sp³-hybridized carbons (Fsp3) is 0.167. The minimum absolute atomic E-state index is 0.0895. The van der Waals surface area contributed by atoms with Crippen LogP contribution < -0.4 is 16.6 Å². The Balaban J connectivity index is 2.40. The van der Waals surface area contributed by atoms with E-state index in [1.54, 1.807) is 0 Å². The molecule has 18 heavy (non-hydrogen) atoms. The van der Waals surface area contributed by atoms with E-state index in [1.807, 2.05) is 53.8 Å². The number of nitrogens with one attached hydrogen (secondary N) is 2. The molecule has 1 unspecified atom stereocenters. The fourth-order valence-electron chi connectivity index (χ4n) is 1.61. The number of rotatable bonds is 3. The molecule has 94 valence electrons. The van der Waals surface area contributed by atoms with Crippen molar-refractivity contribution in [3.05, 3.63) is 50.1 Å². The Morgan fingerprint density at radius 3 is 2.89 bits per heavy atom. The summed E-state index contributed by atoms with van der Waals surface area (Å²) in [5.74, 6) is 0.535. The first-order valence-corrected chi connectivity index (χ1v) is 6.52. The van der Waals surface area contributed by atoms with Crippen LogP contribution in [0.25, 0.3) is 0 Å². The predicted octanol–water partition coefficient (Wildman–Crippen LogP) is 2.14. The molecule has 1 aromatic heterocycles. The van der Waals surface area contributed by atoms with Crippen LogP contribution in [-0.4, -0.2) is 9.97 Å².